The van der Waals surface area contributed by atoms with Gasteiger partial charge >= 0.3 is 6.03 Å². The molecule has 28 heavy (non-hydrogen) atoms. The number of hydrogen-bond acceptors (Lipinski definition) is 4. The number of hydrogen-bond donors (Lipinski definition) is 0. The summed E-state index contributed by atoms with van der Waals surface area (Å²) in [6.45, 7) is 7.71. The summed E-state index contributed by atoms with van der Waals surface area (Å²) in [7, 11) is 0. The molecule has 3 aliphatic heterocycles. The van der Waals surface area contributed by atoms with E-state index in [4.69, 9.17) is 16.9 Å². The minimum atomic E-state index is -0.661. The molecular weight excluding hydrogens is 380 g/mol. The fourth-order valence-corrected chi connectivity index (χ4v) is 4.75. The second kappa shape index (κ2) is 5.95. The average Bonchev–Trinajstić information content (AvgIpc) is 3.28. The van der Waals surface area contributed by atoms with Crippen molar-refractivity contribution in [3.05, 3.63) is 28.3 Å². The Morgan fingerprint density at radius 3 is 2.57 bits per heavy atom. The van der Waals surface area contributed by atoms with E-state index in [1.54, 1.807) is 22.8 Å². The number of piperazine rings is 1. The first-order chi connectivity index (χ1) is 13.1. The standard InChI is InChI=1S/C20H21ClN4O3/c1-10-13(6-5-11(8-22)15(10)21)25-17(26)16-14-7-12(24(16)19(25)28)9-23(14)18(27)20(2,3)4/h5-6,12,14,16H,7,9H2,1-4H3/t12-,14-,16-/m0/s1. The van der Waals surface area contributed by atoms with Gasteiger partial charge in [-0.25, -0.2) is 9.69 Å². The molecule has 2 bridgehead atoms. The summed E-state index contributed by atoms with van der Waals surface area (Å²) in [5.74, 6) is -0.344. The minimum Gasteiger partial charge on any atom is -0.334 e. The maximum absolute atomic E-state index is 13.2. The molecular formula is C20H21ClN4O3. The molecule has 3 atom stereocenters. The number of amides is 4. The normalized spacial score (nSPS) is 26.1. The number of imide groups is 1. The lowest BCUT2D eigenvalue weighted by Gasteiger charge is -2.37. The smallest absolute Gasteiger partial charge is 0.332 e. The highest BCUT2D eigenvalue weighted by Gasteiger charge is 2.63. The summed E-state index contributed by atoms with van der Waals surface area (Å²) < 4.78 is 0. The van der Waals surface area contributed by atoms with E-state index >= 15 is 0 Å². The highest BCUT2D eigenvalue weighted by Crippen LogP contribution is 2.44. The Kier molecular flexibility index (Phi) is 3.99. The molecule has 1 aromatic carbocycles. The molecule has 0 N–H and O–H groups in total. The highest BCUT2D eigenvalue weighted by molar-refractivity contribution is 6.33. The molecule has 146 valence electrons. The number of anilines is 1. The molecule has 1 aromatic rings. The molecule has 7 nitrogen and oxygen atoms in total. The van der Waals surface area contributed by atoms with E-state index in [0.29, 0.717) is 29.8 Å². The number of likely N-dealkylation sites (tertiary alicyclic amines) is 1. The van der Waals surface area contributed by atoms with Crippen molar-refractivity contribution in [2.24, 2.45) is 5.41 Å². The molecule has 3 aliphatic rings. The number of nitriles is 1. The number of fused-ring (bicyclic) bond motifs is 5. The first kappa shape index (κ1) is 18.8. The lowest BCUT2D eigenvalue weighted by Crippen LogP contribution is -2.56. The van der Waals surface area contributed by atoms with Crippen LogP contribution in [0.3, 0.4) is 0 Å². The lowest BCUT2D eigenvalue weighted by molar-refractivity contribution is -0.143. The Morgan fingerprint density at radius 1 is 1.29 bits per heavy atom. The van der Waals surface area contributed by atoms with Crippen LogP contribution in [0.1, 0.15) is 38.3 Å². The number of urea groups is 1. The summed E-state index contributed by atoms with van der Waals surface area (Å²) in [5.41, 5.74) is 0.655. The highest BCUT2D eigenvalue weighted by atomic mass is 35.5. The quantitative estimate of drug-likeness (QED) is 0.678. The molecule has 0 radical (unpaired) electrons. The predicted molar refractivity (Wildman–Crippen MR) is 103 cm³/mol. The van der Waals surface area contributed by atoms with Gasteiger partial charge in [0.05, 0.1) is 28.4 Å². The third kappa shape index (κ3) is 2.37. The van der Waals surface area contributed by atoms with Crippen LogP contribution in [0.15, 0.2) is 12.1 Å². The van der Waals surface area contributed by atoms with Crippen LogP contribution >= 0.6 is 11.6 Å². The lowest BCUT2D eigenvalue weighted by atomic mass is 9.93. The summed E-state index contributed by atoms with van der Waals surface area (Å²) in [4.78, 5) is 43.7. The molecule has 4 rings (SSSR count). The zero-order chi connectivity index (χ0) is 20.5. The van der Waals surface area contributed by atoms with Gasteiger partial charge in [-0.2, -0.15) is 5.26 Å². The van der Waals surface area contributed by atoms with Crippen molar-refractivity contribution >= 4 is 35.1 Å². The molecule has 0 aromatic heterocycles. The van der Waals surface area contributed by atoms with Crippen molar-refractivity contribution in [2.75, 3.05) is 11.4 Å². The Labute approximate surface area is 168 Å². The monoisotopic (exact) mass is 400 g/mol. The van der Waals surface area contributed by atoms with E-state index in [2.05, 4.69) is 0 Å². The van der Waals surface area contributed by atoms with Crippen LogP contribution < -0.4 is 4.90 Å². The van der Waals surface area contributed by atoms with E-state index in [9.17, 15) is 14.4 Å². The molecule has 0 spiro atoms. The molecule has 8 heteroatoms. The van der Waals surface area contributed by atoms with Crippen molar-refractivity contribution in [2.45, 2.75) is 52.2 Å². The number of carbonyl (C=O) groups is 3. The van der Waals surface area contributed by atoms with E-state index in [-0.39, 0.29) is 35.0 Å². The van der Waals surface area contributed by atoms with Crippen LogP contribution in [0.4, 0.5) is 10.5 Å². The van der Waals surface area contributed by atoms with Gasteiger partial charge in [-0.3, -0.25) is 9.59 Å². The van der Waals surface area contributed by atoms with Crippen LogP contribution in [0, 0.1) is 23.7 Å². The Balaban J connectivity index is 1.70. The number of benzene rings is 1. The molecule has 3 saturated heterocycles. The van der Waals surface area contributed by atoms with Gasteiger partial charge in [0, 0.05) is 12.0 Å². The zero-order valence-corrected chi connectivity index (χ0v) is 16.9. The van der Waals surface area contributed by atoms with Crippen LogP contribution in [0.2, 0.25) is 5.02 Å². The molecule has 3 fully saturated rings. The first-order valence-corrected chi connectivity index (χ1v) is 9.62. The molecule has 0 saturated carbocycles. The maximum Gasteiger partial charge on any atom is 0.332 e. The van der Waals surface area contributed by atoms with Gasteiger partial charge in [0.1, 0.15) is 12.1 Å². The Bertz CT molecular complexity index is 961. The minimum absolute atomic E-state index is 0.00375. The third-order valence-electron chi connectivity index (χ3n) is 5.89. The number of rotatable bonds is 1. The van der Waals surface area contributed by atoms with Crippen LogP contribution in [0.25, 0.3) is 0 Å². The van der Waals surface area contributed by atoms with Crippen molar-refractivity contribution in [1.29, 1.82) is 5.26 Å². The average molecular weight is 401 g/mol. The van der Waals surface area contributed by atoms with Gasteiger partial charge in [0.15, 0.2) is 0 Å². The van der Waals surface area contributed by atoms with Crippen molar-refractivity contribution in [3.8, 4) is 6.07 Å². The number of carbonyl (C=O) groups excluding carboxylic acids is 3. The molecule has 0 aliphatic carbocycles. The Morgan fingerprint density at radius 2 is 1.96 bits per heavy atom. The summed E-state index contributed by atoms with van der Waals surface area (Å²) >= 11 is 6.24. The van der Waals surface area contributed by atoms with E-state index < -0.39 is 11.5 Å². The molecule has 4 amide bonds. The fraction of sp³-hybridized carbons (Fsp3) is 0.500. The summed E-state index contributed by atoms with van der Waals surface area (Å²) in [5, 5.41) is 9.37. The SMILES string of the molecule is Cc1c(N2C(=O)[C@@H]3[C@@H]4C[C@@H](CN4C(=O)C(C)(C)C)N3C2=O)ccc(C#N)c1Cl. The maximum atomic E-state index is 13.2. The third-order valence-corrected chi connectivity index (χ3v) is 6.37. The Hall–Kier alpha value is -2.59. The van der Waals surface area contributed by atoms with E-state index in [0.717, 1.165) is 4.90 Å². The van der Waals surface area contributed by atoms with E-state index in [1.165, 1.54) is 6.07 Å². The van der Waals surface area contributed by atoms with Crippen LogP contribution in [-0.2, 0) is 9.59 Å². The van der Waals surface area contributed by atoms with Crippen molar-refractivity contribution in [3.63, 3.8) is 0 Å². The summed E-state index contributed by atoms with van der Waals surface area (Å²) in [6, 6.07) is 3.60. The number of nitrogens with zero attached hydrogens (tertiary/aromatic N) is 4. The fourth-order valence-electron chi connectivity index (χ4n) is 4.55. The first-order valence-electron chi connectivity index (χ1n) is 9.24. The van der Waals surface area contributed by atoms with Crippen molar-refractivity contribution < 1.29 is 14.4 Å². The van der Waals surface area contributed by atoms with Gasteiger partial charge in [0.25, 0.3) is 5.91 Å². The van der Waals surface area contributed by atoms with Gasteiger partial charge < -0.3 is 9.80 Å². The topological polar surface area (TPSA) is 84.7 Å². The summed E-state index contributed by atoms with van der Waals surface area (Å²) in [6.07, 6.45) is 0.630. The van der Waals surface area contributed by atoms with Crippen LogP contribution in [-0.4, -0.2) is 52.3 Å². The van der Waals surface area contributed by atoms with Gasteiger partial charge in [0.2, 0.25) is 5.91 Å². The van der Waals surface area contributed by atoms with Gasteiger partial charge in [-0.15, -0.1) is 0 Å². The van der Waals surface area contributed by atoms with Gasteiger partial charge in [-0.05, 0) is 31.0 Å². The second-order valence-electron chi connectivity index (χ2n) is 8.66. The second-order valence-corrected chi connectivity index (χ2v) is 9.03. The van der Waals surface area contributed by atoms with Crippen molar-refractivity contribution in [1.82, 2.24) is 9.80 Å². The predicted octanol–water partition coefficient (Wildman–Crippen LogP) is 2.69. The van der Waals surface area contributed by atoms with E-state index in [1.807, 2.05) is 26.8 Å². The molecule has 0 unspecified atom stereocenters. The largest absolute Gasteiger partial charge is 0.334 e. The number of halogens is 1. The molecule has 3 heterocycles. The van der Waals surface area contributed by atoms with Gasteiger partial charge in [-0.1, -0.05) is 32.4 Å². The zero-order valence-electron chi connectivity index (χ0n) is 16.2. The van der Waals surface area contributed by atoms with Crippen LogP contribution in [0.5, 0.6) is 0 Å².